The van der Waals surface area contributed by atoms with E-state index in [4.69, 9.17) is 9.98 Å². The van der Waals surface area contributed by atoms with E-state index in [1.165, 1.54) is 0 Å². The number of aliphatic imine (C=N–C) groups is 2. The predicted molar refractivity (Wildman–Crippen MR) is 113 cm³/mol. The van der Waals surface area contributed by atoms with E-state index in [2.05, 4.69) is 24.3 Å². The molecule has 2 aliphatic heterocycles. The number of rotatable bonds is 2. The first kappa shape index (κ1) is 15.5. The summed E-state index contributed by atoms with van der Waals surface area (Å²) in [5, 5.41) is 0. The molecule has 0 aromatic heterocycles. The zero-order valence-electron chi connectivity index (χ0n) is 15.0. The lowest BCUT2D eigenvalue weighted by Crippen LogP contribution is -2.33. The van der Waals surface area contributed by atoms with Gasteiger partial charge in [-0.1, -0.05) is 72.9 Å². The van der Waals surface area contributed by atoms with Crippen LogP contribution in [0.4, 0.5) is 11.4 Å². The summed E-state index contributed by atoms with van der Waals surface area (Å²) in [6, 6.07) is 16.1. The van der Waals surface area contributed by atoms with Gasteiger partial charge in [-0.05, 0) is 12.1 Å². The Balaban J connectivity index is 1.38. The first-order valence-electron chi connectivity index (χ1n) is 9.49. The van der Waals surface area contributed by atoms with E-state index < -0.39 is 0 Å². The number of hydrogen-bond donors (Lipinski definition) is 0. The number of carbonyl (C=O) groups is 1. The Kier molecular flexibility index (Phi) is 3.15. The van der Waals surface area contributed by atoms with Crippen molar-refractivity contribution < 1.29 is 4.79 Å². The van der Waals surface area contributed by atoms with Crippen LogP contribution in [0.3, 0.4) is 0 Å². The molecule has 2 atom stereocenters. The SMILES string of the molecule is O=C(C1C=CC=C2C1=Nc1ccccc12)C1C=CC=C2C1=Nc1ccccc12. The summed E-state index contributed by atoms with van der Waals surface area (Å²) in [6.07, 6.45) is 12.0. The monoisotopic (exact) mass is 360 g/mol. The van der Waals surface area contributed by atoms with Gasteiger partial charge in [0.1, 0.15) is 0 Å². The van der Waals surface area contributed by atoms with Gasteiger partial charge in [0.05, 0.1) is 34.6 Å². The van der Waals surface area contributed by atoms with Gasteiger partial charge in [0.15, 0.2) is 5.78 Å². The van der Waals surface area contributed by atoms with E-state index in [0.717, 1.165) is 45.1 Å². The molecular formula is C25H16N2O. The van der Waals surface area contributed by atoms with Gasteiger partial charge >= 0.3 is 0 Å². The van der Waals surface area contributed by atoms with Gasteiger partial charge in [-0.25, -0.2) is 0 Å². The second-order valence-electron chi connectivity index (χ2n) is 7.32. The average Bonchev–Trinajstić information content (AvgIpc) is 3.31. The number of fused-ring (bicyclic) bond motifs is 6. The van der Waals surface area contributed by atoms with E-state index in [1.54, 1.807) is 0 Å². The fourth-order valence-corrected chi connectivity index (χ4v) is 4.44. The predicted octanol–water partition coefficient (Wildman–Crippen LogP) is 5.27. The van der Waals surface area contributed by atoms with Crippen molar-refractivity contribution in [1.82, 2.24) is 0 Å². The summed E-state index contributed by atoms with van der Waals surface area (Å²) in [7, 11) is 0. The third-order valence-electron chi connectivity index (χ3n) is 5.76. The van der Waals surface area contributed by atoms with Crippen LogP contribution in [-0.4, -0.2) is 17.2 Å². The summed E-state index contributed by atoms with van der Waals surface area (Å²) >= 11 is 0. The molecule has 0 N–H and O–H groups in total. The number of benzene rings is 2. The zero-order chi connectivity index (χ0) is 18.7. The molecular weight excluding hydrogens is 344 g/mol. The molecule has 2 aliphatic carbocycles. The summed E-state index contributed by atoms with van der Waals surface area (Å²) in [5.41, 5.74) is 7.91. The Hall–Kier alpha value is -3.59. The molecule has 0 saturated heterocycles. The number of hydrogen-bond acceptors (Lipinski definition) is 3. The van der Waals surface area contributed by atoms with Crippen molar-refractivity contribution in [2.75, 3.05) is 0 Å². The second-order valence-corrected chi connectivity index (χ2v) is 7.32. The molecule has 0 fully saturated rings. The normalized spacial score (nSPS) is 23.0. The fourth-order valence-electron chi connectivity index (χ4n) is 4.44. The van der Waals surface area contributed by atoms with Crippen LogP contribution >= 0.6 is 0 Å². The quantitative estimate of drug-likeness (QED) is 0.719. The molecule has 2 heterocycles. The summed E-state index contributed by atoms with van der Waals surface area (Å²) < 4.78 is 0. The standard InChI is InChI=1S/C25H16N2O/c28-25(19-11-5-9-17-15-7-1-3-13-21(15)26-23(17)19)20-12-6-10-18-16-8-2-4-14-22(16)27-24(18)20/h1-14,19-20H. The third-order valence-corrected chi connectivity index (χ3v) is 5.76. The molecule has 0 radical (unpaired) electrons. The molecule has 3 nitrogen and oxygen atoms in total. The van der Waals surface area contributed by atoms with Gasteiger partial charge in [-0.2, -0.15) is 0 Å². The van der Waals surface area contributed by atoms with Gasteiger partial charge in [0, 0.05) is 22.3 Å². The molecule has 0 spiro atoms. The van der Waals surface area contributed by atoms with Crippen LogP contribution < -0.4 is 0 Å². The number of allylic oxidation sites excluding steroid dienone is 8. The second kappa shape index (κ2) is 5.70. The molecule has 0 amide bonds. The van der Waals surface area contributed by atoms with Crippen molar-refractivity contribution in [2.24, 2.45) is 21.8 Å². The van der Waals surface area contributed by atoms with Gasteiger partial charge in [0.25, 0.3) is 0 Å². The van der Waals surface area contributed by atoms with Gasteiger partial charge < -0.3 is 0 Å². The molecule has 6 rings (SSSR count). The Morgan fingerprint density at radius 3 is 1.64 bits per heavy atom. The first-order chi connectivity index (χ1) is 13.8. The highest BCUT2D eigenvalue weighted by Gasteiger charge is 2.39. The summed E-state index contributed by atoms with van der Waals surface area (Å²) in [6.45, 7) is 0. The van der Waals surface area contributed by atoms with E-state index in [9.17, 15) is 4.79 Å². The van der Waals surface area contributed by atoms with Crippen molar-refractivity contribution >= 4 is 39.7 Å². The number of ketones is 1. The molecule has 4 aliphatic rings. The van der Waals surface area contributed by atoms with Gasteiger partial charge in [-0.3, -0.25) is 14.8 Å². The zero-order valence-corrected chi connectivity index (χ0v) is 15.0. The highest BCUT2D eigenvalue weighted by Crippen LogP contribution is 2.42. The molecule has 28 heavy (non-hydrogen) atoms. The minimum atomic E-state index is -0.354. The number of Topliss-reactive ketones (excluding diaryl/α,β-unsaturated/α-hetero) is 1. The maximum absolute atomic E-state index is 13.6. The third kappa shape index (κ3) is 2.07. The van der Waals surface area contributed by atoms with Crippen molar-refractivity contribution in [1.29, 1.82) is 0 Å². The highest BCUT2D eigenvalue weighted by atomic mass is 16.1. The summed E-state index contributed by atoms with van der Waals surface area (Å²) in [5.74, 6) is -0.581. The largest absolute Gasteiger partial charge is 0.297 e. The lowest BCUT2D eigenvalue weighted by molar-refractivity contribution is -0.120. The molecule has 132 valence electrons. The number of nitrogens with zero attached hydrogens (tertiary/aromatic N) is 2. The Bertz CT molecular complexity index is 1140. The molecule has 2 aromatic carbocycles. The van der Waals surface area contributed by atoms with Crippen molar-refractivity contribution in [3.05, 3.63) is 96.1 Å². The van der Waals surface area contributed by atoms with E-state index in [0.29, 0.717) is 0 Å². The maximum atomic E-state index is 13.6. The van der Waals surface area contributed by atoms with Crippen molar-refractivity contribution in [2.45, 2.75) is 0 Å². The molecule has 0 saturated carbocycles. The first-order valence-corrected chi connectivity index (χ1v) is 9.49. The van der Waals surface area contributed by atoms with Crippen LogP contribution in [-0.2, 0) is 4.79 Å². The lowest BCUT2D eigenvalue weighted by atomic mass is 9.78. The molecule has 0 bridgehead atoms. The fraction of sp³-hybridized carbons (Fsp3) is 0.0800. The molecule has 3 heteroatoms. The maximum Gasteiger partial charge on any atom is 0.158 e. The Morgan fingerprint density at radius 2 is 1.14 bits per heavy atom. The minimum absolute atomic E-state index is 0.127. The number of carbonyl (C=O) groups excluding carboxylic acids is 1. The highest BCUT2D eigenvalue weighted by molar-refractivity contribution is 6.41. The Morgan fingerprint density at radius 1 is 0.679 bits per heavy atom. The Labute approximate surface area is 162 Å². The van der Waals surface area contributed by atoms with E-state index in [1.807, 2.05) is 60.7 Å². The average molecular weight is 360 g/mol. The number of para-hydroxylation sites is 2. The van der Waals surface area contributed by atoms with E-state index >= 15 is 0 Å². The van der Waals surface area contributed by atoms with Crippen LogP contribution in [0, 0.1) is 11.8 Å². The smallest absolute Gasteiger partial charge is 0.158 e. The minimum Gasteiger partial charge on any atom is -0.297 e. The van der Waals surface area contributed by atoms with E-state index in [-0.39, 0.29) is 17.6 Å². The lowest BCUT2D eigenvalue weighted by Gasteiger charge is -2.23. The van der Waals surface area contributed by atoms with Gasteiger partial charge in [-0.15, -0.1) is 0 Å². The van der Waals surface area contributed by atoms with Crippen molar-refractivity contribution in [3.63, 3.8) is 0 Å². The molecule has 2 aromatic rings. The van der Waals surface area contributed by atoms with Crippen molar-refractivity contribution in [3.8, 4) is 0 Å². The summed E-state index contributed by atoms with van der Waals surface area (Å²) in [4.78, 5) is 23.2. The van der Waals surface area contributed by atoms with Crippen LogP contribution in [0.2, 0.25) is 0 Å². The topological polar surface area (TPSA) is 41.8 Å². The van der Waals surface area contributed by atoms with Crippen LogP contribution in [0.5, 0.6) is 0 Å². The van der Waals surface area contributed by atoms with Crippen LogP contribution in [0.15, 0.2) is 95.0 Å². The van der Waals surface area contributed by atoms with Crippen LogP contribution in [0.25, 0.3) is 11.1 Å². The van der Waals surface area contributed by atoms with Gasteiger partial charge in [0.2, 0.25) is 0 Å². The molecule has 2 unspecified atom stereocenters. The van der Waals surface area contributed by atoms with Crippen LogP contribution in [0.1, 0.15) is 11.1 Å².